The zero-order valence-electron chi connectivity index (χ0n) is 14.6. The first-order valence-electron chi connectivity index (χ1n) is 8.89. The minimum absolute atomic E-state index is 0.0765. The number of rotatable bonds is 7. The molecule has 7 heteroatoms. The number of nitrogens with one attached hydrogen (secondary N) is 1. The van der Waals surface area contributed by atoms with Gasteiger partial charge in [0, 0.05) is 42.8 Å². The van der Waals surface area contributed by atoms with Crippen LogP contribution in [0.3, 0.4) is 0 Å². The van der Waals surface area contributed by atoms with E-state index in [0.29, 0.717) is 6.54 Å². The molecule has 1 aliphatic heterocycles. The first-order chi connectivity index (χ1) is 12.7. The zero-order valence-corrected chi connectivity index (χ0v) is 15.4. The molecule has 3 rings (SSSR count). The van der Waals surface area contributed by atoms with Crippen molar-refractivity contribution < 1.29 is 9.18 Å². The van der Waals surface area contributed by atoms with E-state index in [1.807, 2.05) is 0 Å². The number of thioether (sulfide) groups is 1. The molecule has 1 N–H and O–H groups in total. The molecule has 0 aliphatic carbocycles. The standard InChI is InChI=1S/C19H23FN4OS/c20-16-2-4-17(5-3-16)26-13-1-8-23-19(25)15-6-11-24(12-7-15)18-14-21-9-10-22-18/h2-5,9-10,14-15H,1,6-8,11-13H2,(H,23,25). The SMILES string of the molecule is O=C(NCCCSc1ccc(F)cc1)C1CCN(c2cnccn2)CC1. The third-order valence-electron chi connectivity index (χ3n) is 4.44. The Morgan fingerprint density at radius 1 is 1.23 bits per heavy atom. The molecule has 1 amide bonds. The summed E-state index contributed by atoms with van der Waals surface area (Å²) in [5.41, 5.74) is 0. The first kappa shape index (κ1) is 18.6. The number of amides is 1. The van der Waals surface area contributed by atoms with Crippen molar-refractivity contribution in [1.82, 2.24) is 15.3 Å². The highest BCUT2D eigenvalue weighted by Gasteiger charge is 2.25. The predicted molar refractivity (Wildman–Crippen MR) is 102 cm³/mol. The van der Waals surface area contributed by atoms with Crippen LogP contribution in [0.4, 0.5) is 10.2 Å². The van der Waals surface area contributed by atoms with Gasteiger partial charge in [0.15, 0.2) is 0 Å². The van der Waals surface area contributed by atoms with Gasteiger partial charge in [-0.25, -0.2) is 9.37 Å². The molecule has 2 heterocycles. The Morgan fingerprint density at radius 3 is 2.69 bits per heavy atom. The molecule has 1 aromatic heterocycles. The number of anilines is 1. The number of piperidine rings is 1. The van der Waals surface area contributed by atoms with Crippen molar-refractivity contribution >= 4 is 23.5 Å². The van der Waals surface area contributed by atoms with Crippen LogP contribution in [-0.4, -0.2) is 41.3 Å². The number of hydrogen-bond donors (Lipinski definition) is 1. The molecule has 1 saturated heterocycles. The third-order valence-corrected chi connectivity index (χ3v) is 5.54. The Hall–Kier alpha value is -2.15. The highest BCUT2D eigenvalue weighted by Crippen LogP contribution is 2.21. The lowest BCUT2D eigenvalue weighted by molar-refractivity contribution is -0.125. The van der Waals surface area contributed by atoms with E-state index in [4.69, 9.17) is 0 Å². The predicted octanol–water partition coefficient (Wildman–Crippen LogP) is 3.13. The molecule has 26 heavy (non-hydrogen) atoms. The molecule has 0 bridgehead atoms. The first-order valence-corrected chi connectivity index (χ1v) is 9.88. The summed E-state index contributed by atoms with van der Waals surface area (Å²) >= 11 is 1.68. The van der Waals surface area contributed by atoms with Gasteiger partial charge in [-0.05, 0) is 49.3 Å². The van der Waals surface area contributed by atoms with Crippen LogP contribution < -0.4 is 10.2 Å². The van der Waals surface area contributed by atoms with Crippen molar-refractivity contribution in [3.63, 3.8) is 0 Å². The van der Waals surface area contributed by atoms with Crippen LogP contribution >= 0.6 is 11.8 Å². The van der Waals surface area contributed by atoms with Crippen molar-refractivity contribution in [3.05, 3.63) is 48.7 Å². The van der Waals surface area contributed by atoms with E-state index in [0.717, 1.165) is 48.8 Å². The average Bonchev–Trinajstić information content (AvgIpc) is 2.70. The fraction of sp³-hybridized carbons (Fsp3) is 0.421. The molecular formula is C19H23FN4OS. The maximum absolute atomic E-state index is 12.8. The molecule has 0 saturated carbocycles. The van der Waals surface area contributed by atoms with Crippen molar-refractivity contribution in [2.24, 2.45) is 5.92 Å². The smallest absolute Gasteiger partial charge is 0.223 e. The lowest BCUT2D eigenvalue weighted by Gasteiger charge is -2.31. The molecule has 2 aromatic rings. The van der Waals surface area contributed by atoms with Gasteiger partial charge in [-0.3, -0.25) is 9.78 Å². The molecule has 0 spiro atoms. The van der Waals surface area contributed by atoms with E-state index in [1.54, 1.807) is 42.5 Å². The van der Waals surface area contributed by atoms with Gasteiger partial charge >= 0.3 is 0 Å². The summed E-state index contributed by atoms with van der Waals surface area (Å²) in [5.74, 6) is 1.79. The fourth-order valence-electron chi connectivity index (χ4n) is 2.97. The molecule has 1 aliphatic rings. The largest absolute Gasteiger partial charge is 0.356 e. The summed E-state index contributed by atoms with van der Waals surface area (Å²) in [4.78, 5) is 23.9. The molecule has 0 atom stereocenters. The number of aromatic nitrogens is 2. The summed E-state index contributed by atoms with van der Waals surface area (Å²) in [6.07, 6.45) is 7.70. The second kappa shape index (κ2) is 9.52. The maximum atomic E-state index is 12.8. The summed E-state index contributed by atoms with van der Waals surface area (Å²) < 4.78 is 12.8. The van der Waals surface area contributed by atoms with E-state index >= 15 is 0 Å². The van der Waals surface area contributed by atoms with Gasteiger partial charge in [-0.15, -0.1) is 11.8 Å². The van der Waals surface area contributed by atoms with Gasteiger partial charge in [0.1, 0.15) is 11.6 Å². The van der Waals surface area contributed by atoms with Crippen LogP contribution in [0.15, 0.2) is 47.8 Å². The van der Waals surface area contributed by atoms with Gasteiger partial charge in [0.05, 0.1) is 6.20 Å². The van der Waals surface area contributed by atoms with Crippen LogP contribution in [0.1, 0.15) is 19.3 Å². The molecule has 0 radical (unpaired) electrons. The number of nitrogens with zero attached hydrogens (tertiary/aromatic N) is 3. The van der Waals surface area contributed by atoms with E-state index in [2.05, 4.69) is 20.2 Å². The summed E-state index contributed by atoms with van der Waals surface area (Å²) in [5, 5.41) is 3.04. The number of carbonyl (C=O) groups excluding carboxylic acids is 1. The Morgan fingerprint density at radius 2 is 2.00 bits per heavy atom. The van der Waals surface area contributed by atoms with Crippen molar-refractivity contribution in [2.45, 2.75) is 24.2 Å². The minimum Gasteiger partial charge on any atom is -0.356 e. The highest BCUT2D eigenvalue weighted by molar-refractivity contribution is 7.99. The third kappa shape index (κ3) is 5.42. The fourth-order valence-corrected chi connectivity index (χ4v) is 3.83. The van der Waals surface area contributed by atoms with E-state index in [1.165, 1.54) is 12.1 Å². The summed E-state index contributed by atoms with van der Waals surface area (Å²) in [7, 11) is 0. The van der Waals surface area contributed by atoms with Crippen molar-refractivity contribution in [1.29, 1.82) is 0 Å². The number of hydrogen-bond acceptors (Lipinski definition) is 5. The quantitative estimate of drug-likeness (QED) is 0.596. The van der Waals surface area contributed by atoms with Gasteiger partial charge in [-0.1, -0.05) is 0 Å². The monoisotopic (exact) mass is 374 g/mol. The van der Waals surface area contributed by atoms with Crippen LogP contribution in [0, 0.1) is 11.7 Å². The Bertz CT molecular complexity index is 690. The molecule has 1 aromatic carbocycles. The Kier molecular flexibility index (Phi) is 6.82. The van der Waals surface area contributed by atoms with Crippen LogP contribution in [0.5, 0.6) is 0 Å². The van der Waals surface area contributed by atoms with Gasteiger partial charge in [0.25, 0.3) is 0 Å². The lowest BCUT2D eigenvalue weighted by Crippen LogP contribution is -2.41. The molecule has 5 nitrogen and oxygen atoms in total. The van der Waals surface area contributed by atoms with Gasteiger partial charge in [-0.2, -0.15) is 0 Å². The van der Waals surface area contributed by atoms with E-state index in [-0.39, 0.29) is 17.6 Å². The minimum atomic E-state index is -0.216. The van der Waals surface area contributed by atoms with Crippen molar-refractivity contribution in [2.75, 3.05) is 30.3 Å². The molecule has 1 fully saturated rings. The Balaban J connectivity index is 1.31. The number of benzene rings is 1. The number of halogens is 1. The zero-order chi connectivity index (χ0) is 18.2. The molecule has 138 valence electrons. The highest BCUT2D eigenvalue weighted by atomic mass is 32.2. The van der Waals surface area contributed by atoms with Crippen LogP contribution in [-0.2, 0) is 4.79 Å². The Labute approximate surface area is 157 Å². The lowest BCUT2D eigenvalue weighted by atomic mass is 9.96. The van der Waals surface area contributed by atoms with Crippen LogP contribution in [0.2, 0.25) is 0 Å². The normalized spacial score (nSPS) is 15.0. The van der Waals surface area contributed by atoms with Gasteiger partial charge in [0.2, 0.25) is 5.91 Å². The van der Waals surface area contributed by atoms with Crippen molar-refractivity contribution in [3.8, 4) is 0 Å². The molecule has 0 unspecified atom stereocenters. The molecular weight excluding hydrogens is 351 g/mol. The summed E-state index contributed by atoms with van der Waals surface area (Å²) in [6, 6.07) is 6.50. The second-order valence-corrected chi connectivity index (χ2v) is 7.44. The average molecular weight is 374 g/mol. The van der Waals surface area contributed by atoms with E-state index in [9.17, 15) is 9.18 Å². The van der Waals surface area contributed by atoms with Crippen LogP contribution in [0.25, 0.3) is 0 Å². The second-order valence-electron chi connectivity index (χ2n) is 6.27. The topological polar surface area (TPSA) is 58.1 Å². The van der Waals surface area contributed by atoms with Gasteiger partial charge < -0.3 is 10.2 Å². The maximum Gasteiger partial charge on any atom is 0.223 e. The number of carbonyl (C=O) groups is 1. The van der Waals surface area contributed by atoms with E-state index < -0.39 is 0 Å². The summed E-state index contributed by atoms with van der Waals surface area (Å²) in [6.45, 7) is 2.34.